The Labute approximate surface area is 191 Å². The molecule has 0 aliphatic carbocycles. The molecule has 1 rings (SSSR count). The van der Waals surface area contributed by atoms with E-state index in [0.717, 1.165) is 6.42 Å². The van der Waals surface area contributed by atoms with Gasteiger partial charge in [-0.1, -0.05) is 40.7 Å². The molecule has 9 nitrogen and oxygen atoms in total. The van der Waals surface area contributed by atoms with E-state index >= 15 is 0 Å². The van der Waals surface area contributed by atoms with Crippen LogP contribution in [0.3, 0.4) is 0 Å². The number of likely N-dealkylation sites (tertiary alicyclic amines) is 1. The zero-order valence-electron chi connectivity index (χ0n) is 20.5. The van der Waals surface area contributed by atoms with Crippen molar-refractivity contribution < 1.29 is 24.3 Å². The quantitative estimate of drug-likeness (QED) is 0.333. The summed E-state index contributed by atoms with van der Waals surface area (Å²) < 4.78 is 0. The van der Waals surface area contributed by atoms with Gasteiger partial charge in [-0.3, -0.25) is 19.2 Å². The number of aliphatic hydroxyl groups is 1. The number of hydrogen-bond donors (Lipinski definition) is 3. The maximum Gasteiger partial charge on any atom is 0.249 e. The third-order valence-electron chi connectivity index (χ3n) is 5.98. The van der Waals surface area contributed by atoms with Crippen molar-refractivity contribution in [2.24, 2.45) is 11.3 Å². The fraction of sp³-hybridized carbons (Fsp3) is 0.739. The number of carbonyl (C=O) groups is 4. The van der Waals surface area contributed by atoms with E-state index < -0.39 is 12.1 Å². The van der Waals surface area contributed by atoms with Crippen molar-refractivity contribution in [3.63, 3.8) is 0 Å². The van der Waals surface area contributed by atoms with Crippen LogP contribution in [-0.4, -0.2) is 83.9 Å². The number of nitrogens with one attached hydrogen (secondary N) is 2. The van der Waals surface area contributed by atoms with Crippen molar-refractivity contribution in [2.75, 3.05) is 26.7 Å². The van der Waals surface area contributed by atoms with E-state index in [1.807, 2.05) is 34.6 Å². The fourth-order valence-corrected chi connectivity index (χ4v) is 3.81. The van der Waals surface area contributed by atoms with E-state index in [1.165, 1.54) is 4.90 Å². The summed E-state index contributed by atoms with van der Waals surface area (Å²) in [7, 11) is 1.64. The highest BCUT2D eigenvalue weighted by Gasteiger charge is 2.37. The van der Waals surface area contributed by atoms with Crippen molar-refractivity contribution in [2.45, 2.75) is 72.5 Å². The molecule has 1 unspecified atom stereocenters. The molecule has 0 aromatic rings. The molecule has 182 valence electrons. The molecule has 9 heteroatoms. The van der Waals surface area contributed by atoms with E-state index in [-0.39, 0.29) is 48.2 Å². The topological polar surface area (TPSA) is 119 Å². The van der Waals surface area contributed by atoms with Crippen molar-refractivity contribution in [1.82, 2.24) is 20.4 Å². The first-order valence-corrected chi connectivity index (χ1v) is 11.2. The average Bonchev–Trinajstić information content (AvgIpc) is 3.21. The minimum Gasteiger partial charge on any atom is -0.394 e. The van der Waals surface area contributed by atoms with Crippen molar-refractivity contribution in [3.8, 4) is 0 Å². The lowest BCUT2D eigenvalue weighted by atomic mass is 9.87. The van der Waals surface area contributed by atoms with Crippen LogP contribution in [0.15, 0.2) is 11.6 Å². The average molecular weight is 453 g/mol. The molecule has 32 heavy (non-hydrogen) atoms. The molecule has 0 aromatic heterocycles. The second-order valence-electron chi connectivity index (χ2n) is 9.85. The van der Waals surface area contributed by atoms with Gasteiger partial charge in [-0.15, -0.1) is 0 Å². The van der Waals surface area contributed by atoms with Crippen LogP contribution in [0.5, 0.6) is 0 Å². The van der Waals surface area contributed by atoms with Crippen LogP contribution >= 0.6 is 0 Å². The summed E-state index contributed by atoms with van der Waals surface area (Å²) in [6.07, 6.45) is 3.52. The highest BCUT2D eigenvalue weighted by molar-refractivity contribution is 5.97. The molecule has 1 fully saturated rings. The van der Waals surface area contributed by atoms with Crippen molar-refractivity contribution >= 4 is 24.1 Å². The smallest absolute Gasteiger partial charge is 0.249 e. The monoisotopic (exact) mass is 452 g/mol. The van der Waals surface area contributed by atoms with Gasteiger partial charge in [0.15, 0.2) is 0 Å². The van der Waals surface area contributed by atoms with Crippen molar-refractivity contribution in [3.05, 3.63) is 11.6 Å². The Morgan fingerprint density at radius 1 is 1.25 bits per heavy atom. The molecule has 0 bridgehead atoms. The zero-order valence-corrected chi connectivity index (χ0v) is 20.5. The first-order chi connectivity index (χ1) is 14.8. The second-order valence-corrected chi connectivity index (χ2v) is 9.85. The van der Waals surface area contributed by atoms with Crippen LogP contribution in [0, 0.1) is 11.3 Å². The van der Waals surface area contributed by atoms with E-state index in [1.54, 1.807) is 24.9 Å². The van der Waals surface area contributed by atoms with E-state index in [4.69, 9.17) is 0 Å². The number of nitrogens with zero attached hydrogens (tertiary/aromatic N) is 2. The molecule has 0 radical (unpaired) electrons. The summed E-state index contributed by atoms with van der Waals surface area (Å²) in [5, 5.41) is 14.9. The number of rotatable bonds is 10. The normalized spacial score (nSPS) is 18.8. The molecule has 1 heterocycles. The predicted molar refractivity (Wildman–Crippen MR) is 122 cm³/mol. The summed E-state index contributed by atoms with van der Waals surface area (Å²) in [4.78, 5) is 52.0. The molecule has 1 aliphatic rings. The molecular weight excluding hydrogens is 412 g/mol. The maximum absolute atomic E-state index is 13.2. The van der Waals surface area contributed by atoms with Gasteiger partial charge in [-0.05, 0) is 31.1 Å². The fourth-order valence-electron chi connectivity index (χ4n) is 3.81. The molecule has 1 saturated heterocycles. The largest absolute Gasteiger partial charge is 0.394 e. The predicted octanol–water partition coefficient (Wildman–Crippen LogP) is 0.676. The van der Waals surface area contributed by atoms with Crippen LogP contribution in [0.4, 0.5) is 0 Å². The Morgan fingerprint density at radius 2 is 1.88 bits per heavy atom. The van der Waals surface area contributed by atoms with Gasteiger partial charge in [0.1, 0.15) is 6.04 Å². The Kier molecular flexibility index (Phi) is 10.3. The zero-order chi connectivity index (χ0) is 24.6. The summed E-state index contributed by atoms with van der Waals surface area (Å²) in [6.45, 7) is 11.6. The summed E-state index contributed by atoms with van der Waals surface area (Å²) in [6, 6.07) is -1.33. The van der Waals surface area contributed by atoms with E-state index in [2.05, 4.69) is 10.6 Å². The molecule has 0 aromatic carbocycles. The third kappa shape index (κ3) is 7.32. The van der Waals surface area contributed by atoms with Gasteiger partial charge in [-0.25, -0.2) is 0 Å². The SMILES string of the molecule is C/C(=C\[C@H](C(C)C)N(C)C(=O)CNC=O)C(=O)N1CCC[C@H]1C(=O)NC(CO)C(C)(C)C. The molecule has 4 amide bonds. The number of likely N-dealkylation sites (N-methyl/N-ethyl adjacent to an activating group) is 1. The number of carbonyl (C=O) groups excluding carboxylic acids is 4. The Balaban J connectivity index is 2.99. The van der Waals surface area contributed by atoms with Gasteiger partial charge in [0.25, 0.3) is 0 Å². The third-order valence-corrected chi connectivity index (χ3v) is 5.98. The number of hydrogen-bond acceptors (Lipinski definition) is 5. The lowest BCUT2D eigenvalue weighted by molar-refractivity contribution is -0.136. The van der Waals surface area contributed by atoms with Crippen LogP contribution in [0.1, 0.15) is 54.4 Å². The summed E-state index contributed by atoms with van der Waals surface area (Å²) in [5.41, 5.74) is 0.148. The lowest BCUT2D eigenvalue weighted by Gasteiger charge is -2.33. The maximum atomic E-state index is 13.2. The molecule has 3 N–H and O–H groups in total. The standard InChI is InChI=1S/C23H40N4O5/c1-15(2)18(26(7)20(30)12-24-14-29)11-16(3)22(32)27-10-8-9-17(27)21(31)25-19(13-28)23(4,5)6/h11,14-15,17-19,28H,8-10,12-13H2,1-7H3,(H,24,29)(H,25,31)/b16-11+/t17-,18+,19?/m0/s1. The van der Waals surface area contributed by atoms with Crippen LogP contribution in [-0.2, 0) is 19.2 Å². The Hall–Kier alpha value is -2.42. The number of amides is 4. The molecule has 0 spiro atoms. The first kappa shape index (κ1) is 27.6. The highest BCUT2D eigenvalue weighted by atomic mass is 16.3. The Morgan fingerprint density at radius 3 is 2.38 bits per heavy atom. The van der Waals surface area contributed by atoms with Gasteiger partial charge < -0.3 is 25.5 Å². The van der Waals surface area contributed by atoms with Crippen LogP contribution in [0.2, 0.25) is 0 Å². The van der Waals surface area contributed by atoms with Gasteiger partial charge in [0.05, 0.1) is 25.2 Å². The van der Waals surface area contributed by atoms with Crippen LogP contribution < -0.4 is 10.6 Å². The van der Waals surface area contributed by atoms with Crippen LogP contribution in [0.25, 0.3) is 0 Å². The van der Waals surface area contributed by atoms with E-state index in [0.29, 0.717) is 24.9 Å². The van der Waals surface area contributed by atoms with E-state index in [9.17, 15) is 24.3 Å². The minimum atomic E-state index is -0.587. The van der Waals surface area contributed by atoms with Gasteiger partial charge >= 0.3 is 0 Å². The van der Waals surface area contributed by atoms with Crippen molar-refractivity contribution in [1.29, 1.82) is 0 Å². The lowest BCUT2D eigenvalue weighted by Crippen LogP contribution is -2.53. The first-order valence-electron chi connectivity index (χ1n) is 11.2. The highest BCUT2D eigenvalue weighted by Crippen LogP contribution is 2.24. The molecule has 0 saturated carbocycles. The minimum absolute atomic E-state index is 0.0395. The Bertz CT molecular complexity index is 714. The van der Waals surface area contributed by atoms with Gasteiger partial charge in [0.2, 0.25) is 24.1 Å². The molecule has 1 aliphatic heterocycles. The summed E-state index contributed by atoms with van der Waals surface area (Å²) in [5.74, 6) is -0.720. The molecule has 3 atom stereocenters. The summed E-state index contributed by atoms with van der Waals surface area (Å²) >= 11 is 0. The van der Waals surface area contributed by atoms with Gasteiger partial charge in [0, 0.05) is 19.2 Å². The number of aliphatic hydroxyl groups excluding tert-OH is 1. The van der Waals surface area contributed by atoms with Gasteiger partial charge in [-0.2, -0.15) is 0 Å². The second kappa shape index (κ2) is 12.0. The molecular formula is C23H40N4O5.